The van der Waals surface area contributed by atoms with E-state index in [9.17, 15) is 0 Å². The Morgan fingerprint density at radius 2 is 1.63 bits per heavy atom. The van der Waals surface area contributed by atoms with E-state index in [1.807, 2.05) is 11.6 Å². The molecular formula is C21H26N6. The summed E-state index contributed by atoms with van der Waals surface area (Å²) in [7, 11) is 2.16. The van der Waals surface area contributed by atoms with Crippen molar-refractivity contribution >= 4 is 5.82 Å². The van der Waals surface area contributed by atoms with Gasteiger partial charge in [0.1, 0.15) is 0 Å². The fourth-order valence-electron chi connectivity index (χ4n) is 3.58. The first kappa shape index (κ1) is 17.7. The number of hydrogen-bond donors (Lipinski definition) is 0. The van der Waals surface area contributed by atoms with Gasteiger partial charge >= 0.3 is 0 Å². The van der Waals surface area contributed by atoms with Crippen molar-refractivity contribution < 1.29 is 0 Å². The normalized spacial score (nSPS) is 15.3. The fourth-order valence-corrected chi connectivity index (χ4v) is 3.58. The van der Waals surface area contributed by atoms with E-state index in [4.69, 9.17) is 0 Å². The standard InChI is InChI=1S/C21H26N6/c1-15-5-6-18(20(13-15)27-17(3)14-16(2)24-27)19-7-8-21(23-22-19)26-11-9-25(4)10-12-26/h5-8,13-14H,9-12H2,1-4H3. The van der Waals surface area contributed by atoms with Crippen LogP contribution < -0.4 is 4.90 Å². The molecule has 1 fully saturated rings. The molecule has 3 heterocycles. The molecule has 0 spiro atoms. The molecule has 0 unspecified atom stereocenters. The van der Waals surface area contributed by atoms with Crippen molar-refractivity contribution in [3.63, 3.8) is 0 Å². The van der Waals surface area contributed by atoms with Crippen molar-refractivity contribution in [2.24, 2.45) is 0 Å². The first-order valence-electron chi connectivity index (χ1n) is 9.43. The van der Waals surface area contributed by atoms with E-state index in [0.717, 1.165) is 60.3 Å². The van der Waals surface area contributed by atoms with Crippen LogP contribution in [0.25, 0.3) is 16.9 Å². The van der Waals surface area contributed by atoms with Crippen LogP contribution >= 0.6 is 0 Å². The summed E-state index contributed by atoms with van der Waals surface area (Å²) in [6.45, 7) is 10.3. The highest BCUT2D eigenvalue weighted by molar-refractivity contribution is 5.71. The molecule has 0 N–H and O–H groups in total. The molecule has 0 bridgehead atoms. The number of aryl methyl sites for hydroxylation is 3. The van der Waals surface area contributed by atoms with Crippen LogP contribution in [0, 0.1) is 20.8 Å². The number of piperazine rings is 1. The molecular weight excluding hydrogens is 336 g/mol. The van der Waals surface area contributed by atoms with Gasteiger partial charge in [0.2, 0.25) is 0 Å². The molecule has 0 radical (unpaired) electrons. The summed E-state index contributed by atoms with van der Waals surface area (Å²) in [5, 5.41) is 13.7. The maximum Gasteiger partial charge on any atom is 0.151 e. The molecule has 6 nitrogen and oxygen atoms in total. The summed E-state index contributed by atoms with van der Waals surface area (Å²) in [5.41, 5.74) is 6.28. The van der Waals surface area contributed by atoms with Crippen molar-refractivity contribution in [3.8, 4) is 16.9 Å². The Hall–Kier alpha value is -2.73. The second-order valence-corrected chi connectivity index (χ2v) is 7.43. The maximum absolute atomic E-state index is 4.66. The second-order valence-electron chi connectivity index (χ2n) is 7.43. The average Bonchev–Trinajstić information content (AvgIpc) is 3.00. The molecule has 0 saturated carbocycles. The first-order valence-corrected chi connectivity index (χ1v) is 9.43. The van der Waals surface area contributed by atoms with Crippen molar-refractivity contribution in [1.82, 2.24) is 24.9 Å². The zero-order valence-corrected chi connectivity index (χ0v) is 16.5. The molecule has 0 aliphatic carbocycles. The van der Waals surface area contributed by atoms with Gasteiger partial charge in [0.05, 0.1) is 17.1 Å². The zero-order chi connectivity index (χ0) is 19.0. The van der Waals surface area contributed by atoms with E-state index in [1.165, 1.54) is 5.56 Å². The Kier molecular flexibility index (Phi) is 4.66. The maximum atomic E-state index is 4.66. The number of nitrogens with zero attached hydrogens (tertiary/aromatic N) is 6. The quantitative estimate of drug-likeness (QED) is 0.717. The van der Waals surface area contributed by atoms with Gasteiger partial charge in [-0.1, -0.05) is 12.1 Å². The van der Waals surface area contributed by atoms with Crippen LogP contribution in [0.15, 0.2) is 36.4 Å². The number of anilines is 1. The lowest BCUT2D eigenvalue weighted by Gasteiger charge is -2.32. The monoisotopic (exact) mass is 362 g/mol. The number of aromatic nitrogens is 4. The number of rotatable bonds is 3. The summed E-state index contributed by atoms with van der Waals surface area (Å²) in [4.78, 5) is 4.64. The molecule has 0 atom stereocenters. The molecule has 1 aliphatic rings. The predicted octanol–water partition coefficient (Wildman–Crippen LogP) is 3.01. The smallest absolute Gasteiger partial charge is 0.151 e. The lowest BCUT2D eigenvalue weighted by molar-refractivity contribution is 0.312. The largest absolute Gasteiger partial charge is 0.353 e. The summed E-state index contributed by atoms with van der Waals surface area (Å²) in [6.07, 6.45) is 0. The second kappa shape index (κ2) is 7.12. The van der Waals surface area contributed by atoms with Crippen molar-refractivity contribution in [1.29, 1.82) is 0 Å². The van der Waals surface area contributed by atoms with Crippen molar-refractivity contribution in [3.05, 3.63) is 53.3 Å². The van der Waals surface area contributed by atoms with Crippen LogP contribution in [-0.2, 0) is 0 Å². The zero-order valence-electron chi connectivity index (χ0n) is 16.5. The third-order valence-corrected chi connectivity index (χ3v) is 5.14. The topological polar surface area (TPSA) is 50.1 Å². The predicted molar refractivity (Wildman–Crippen MR) is 109 cm³/mol. The summed E-state index contributed by atoms with van der Waals surface area (Å²) >= 11 is 0. The Morgan fingerprint density at radius 3 is 2.26 bits per heavy atom. The average molecular weight is 362 g/mol. The van der Waals surface area contributed by atoms with Gasteiger partial charge in [0.25, 0.3) is 0 Å². The lowest BCUT2D eigenvalue weighted by Crippen LogP contribution is -2.44. The first-order chi connectivity index (χ1) is 13.0. The van der Waals surface area contributed by atoms with E-state index >= 15 is 0 Å². The van der Waals surface area contributed by atoms with E-state index in [0.29, 0.717) is 0 Å². The molecule has 6 heteroatoms. The Bertz CT molecular complexity index is 936. The van der Waals surface area contributed by atoms with Crippen LogP contribution in [0.2, 0.25) is 0 Å². The SMILES string of the molecule is Cc1ccc(-c2ccc(N3CCN(C)CC3)nn2)c(-n2nc(C)cc2C)c1. The highest BCUT2D eigenvalue weighted by Crippen LogP contribution is 2.28. The Morgan fingerprint density at radius 1 is 0.852 bits per heavy atom. The van der Waals surface area contributed by atoms with E-state index in [1.54, 1.807) is 0 Å². The lowest BCUT2D eigenvalue weighted by atomic mass is 10.1. The van der Waals surface area contributed by atoms with Gasteiger partial charge in [0.15, 0.2) is 5.82 Å². The molecule has 2 aromatic heterocycles. The minimum atomic E-state index is 0.871. The van der Waals surface area contributed by atoms with Crippen LogP contribution in [0.3, 0.4) is 0 Å². The number of benzene rings is 1. The summed E-state index contributed by atoms with van der Waals surface area (Å²) in [6, 6.07) is 12.6. The van der Waals surface area contributed by atoms with Crippen LogP contribution in [-0.4, -0.2) is 58.1 Å². The van der Waals surface area contributed by atoms with Gasteiger partial charge < -0.3 is 9.80 Å². The molecule has 1 aromatic carbocycles. The van der Waals surface area contributed by atoms with Crippen LogP contribution in [0.4, 0.5) is 5.82 Å². The molecule has 3 aromatic rings. The highest BCUT2D eigenvalue weighted by Gasteiger charge is 2.17. The molecule has 1 saturated heterocycles. The van der Waals surface area contributed by atoms with Gasteiger partial charge in [0, 0.05) is 37.4 Å². The third kappa shape index (κ3) is 3.57. The number of hydrogen-bond acceptors (Lipinski definition) is 5. The molecule has 27 heavy (non-hydrogen) atoms. The van der Waals surface area contributed by atoms with Gasteiger partial charge in [-0.05, 0) is 57.6 Å². The minimum absolute atomic E-state index is 0.871. The van der Waals surface area contributed by atoms with Gasteiger partial charge in [-0.2, -0.15) is 5.10 Å². The molecule has 140 valence electrons. The summed E-state index contributed by atoms with van der Waals surface area (Å²) in [5.74, 6) is 0.951. The Labute approximate surface area is 160 Å². The van der Waals surface area contributed by atoms with Crippen LogP contribution in [0.5, 0.6) is 0 Å². The Balaban J connectivity index is 1.68. The minimum Gasteiger partial charge on any atom is -0.353 e. The third-order valence-electron chi connectivity index (χ3n) is 5.14. The van der Waals surface area contributed by atoms with Gasteiger partial charge in [-0.3, -0.25) is 0 Å². The summed E-state index contributed by atoms with van der Waals surface area (Å²) < 4.78 is 1.99. The molecule has 4 rings (SSSR count). The fraction of sp³-hybridized carbons (Fsp3) is 0.381. The van der Waals surface area contributed by atoms with Gasteiger partial charge in [-0.15, -0.1) is 10.2 Å². The van der Waals surface area contributed by atoms with Crippen molar-refractivity contribution in [2.75, 3.05) is 38.1 Å². The van der Waals surface area contributed by atoms with E-state index in [-0.39, 0.29) is 0 Å². The van der Waals surface area contributed by atoms with E-state index in [2.05, 4.69) is 82.4 Å². The molecule has 1 aliphatic heterocycles. The molecule has 0 amide bonds. The van der Waals surface area contributed by atoms with Crippen LogP contribution in [0.1, 0.15) is 17.0 Å². The highest BCUT2D eigenvalue weighted by atomic mass is 15.3. The van der Waals surface area contributed by atoms with Gasteiger partial charge in [-0.25, -0.2) is 4.68 Å². The number of likely N-dealkylation sites (N-methyl/N-ethyl adjacent to an activating group) is 1. The van der Waals surface area contributed by atoms with E-state index < -0.39 is 0 Å². The van der Waals surface area contributed by atoms with Crippen molar-refractivity contribution in [2.45, 2.75) is 20.8 Å².